The monoisotopic (exact) mass is 2070 g/mol. The molecule has 0 saturated heterocycles. The van der Waals surface area contributed by atoms with Crippen LogP contribution in [0.25, 0.3) is 21.8 Å². The zero-order chi connectivity index (χ0) is 102. The number of carboxylic acids is 1. The highest BCUT2D eigenvalue weighted by molar-refractivity contribution is 8.31. The number of ether oxygens (including phenoxy) is 12. The number of halogens is 14. The maximum absolute atomic E-state index is 15.9. The number of hydrogen-bond acceptors (Lipinski definition) is 21. The smallest absolute Gasteiger partial charge is 0.481 e. The lowest BCUT2D eigenvalue weighted by atomic mass is 9.87. The number of Topliss-reactive ketones (excluding diaryl/α,β-unsaturated/α-hetero) is 3. The van der Waals surface area contributed by atoms with Crippen LogP contribution in [0.3, 0.4) is 0 Å². The summed E-state index contributed by atoms with van der Waals surface area (Å²) in [7, 11) is 4.81. The van der Waals surface area contributed by atoms with Crippen LogP contribution in [0.1, 0.15) is 141 Å². The van der Waals surface area contributed by atoms with Gasteiger partial charge in [-0.1, -0.05) is 173 Å². The molecule has 4 aliphatic carbocycles. The highest BCUT2D eigenvalue weighted by atomic mass is 36.0. The van der Waals surface area contributed by atoms with E-state index in [1.807, 2.05) is 156 Å². The van der Waals surface area contributed by atoms with Gasteiger partial charge in [-0.2, -0.15) is 8.42 Å². The molecular weight excluding hydrogens is 1980 g/mol. The molecule has 0 bridgehead atoms. The van der Waals surface area contributed by atoms with Crippen molar-refractivity contribution in [3.63, 3.8) is 0 Å². The summed E-state index contributed by atoms with van der Waals surface area (Å²) >= 11 is 11.0. The largest absolute Gasteiger partial charge is 0.586 e. The third-order valence-corrected chi connectivity index (χ3v) is 25.6. The minimum absolute atomic E-state index is 0.0310. The molecule has 39 heteroatoms. The van der Waals surface area contributed by atoms with Gasteiger partial charge in [0.1, 0.15) is 30.6 Å². The second-order valence-corrected chi connectivity index (χ2v) is 40.8. The van der Waals surface area contributed by atoms with Gasteiger partial charge in [0.25, 0.3) is 0 Å². The maximum atomic E-state index is 15.9. The molecule has 0 unspecified atom stereocenters. The summed E-state index contributed by atoms with van der Waals surface area (Å²) in [4.78, 5) is 73.6. The predicted octanol–water partition coefficient (Wildman–Crippen LogP) is 22.3. The number of carbonyl (C=O) groups is 6. The van der Waals surface area contributed by atoms with E-state index in [1.54, 1.807) is 30.3 Å². The van der Waals surface area contributed by atoms with Crippen molar-refractivity contribution in [1.82, 2.24) is 9.13 Å². The summed E-state index contributed by atoms with van der Waals surface area (Å²) < 4.78 is 215. The number of aliphatic carboxylic acids is 1. The Hall–Kier alpha value is -12.5. The normalized spacial score (nSPS) is 16.9. The standard InChI is InChI=1S/C41H38F3NO6.C29H31FN2O3.2C11H7ClF2O3.C11H8F2O4.Cl2O2S/c1-39(2,26-49-24-28-11-7-4-8-12-28)37-18-30-17-29(19-38(47)40(15-16-40)31-13-14-35-36(20-31)51-41(43,44)50-35)33(42)21-34(30)45(37)22-32(46)25-48-23-27-9-5-3-6-10-27;1-29(2,20-35-18-22-11-7-4-8-12-22)28-14-23-13-26(31)25(30)15-27(23)32(28)16-24(33)19-34-17-21-9-5-3-6-10-21;2*12-9(15)10(3-4-10)6-1-2-7-8(5-6)17-11(13,14)16-7;12-11(13)16-7-2-1-6(5-8(7)17-11)10(3-4-10)9(14)15;1-5(2,3)4/h3-14,17-18,20-21H,15-16,19,22-26H2,1-2H3;3-15H,16-20,31H2,1-2H3;2*1-2,5H,3-4H2;1-2,5H,3-4H2,(H,14,15);. The minimum atomic E-state index is -3.77. The first-order valence-electron chi connectivity index (χ1n) is 44.4. The molecule has 12 aromatic rings. The van der Waals surface area contributed by atoms with Gasteiger partial charge in [0, 0.05) is 66.8 Å². The van der Waals surface area contributed by atoms with Crippen molar-refractivity contribution in [3.8, 4) is 46.0 Å². The number of rotatable bonds is 32. The number of benzene rings is 10. The van der Waals surface area contributed by atoms with Crippen molar-refractivity contribution in [1.29, 1.82) is 0 Å². The number of nitrogens with zero attached hydrogens (tertiary/aromatic N) is 2. The molecule has 8 aliphatic rings. The quantitative estimate of drug-likeness (QED) is 0.0225. The molecule has 142 heavy (non-hydrogen) atoms. The molecule has 748 valence electrons. The van der Waals surface area contributed by atoms with Crippen molar-refractivity contribution < 1.29 is 143 Å². The Morgan fingerprint density at radius 2 is 0.669 bits per heavy atom. The van der Waals surface area contributed by atoms with Gasteiger partial charge in [-0.05, 0) is 204 Å². The van der Waals surface area contributed by atoms with E-state index in [0.717, 1.165) is 39.0 Å². The van der Waals surface area contributed by atoms with Crippen LogP contribution in [0.5, 0.6) is 46.0 Å². The van der Waals surface area contributed by atoms with Crippen LogP contribution < -0.4 is 43.6 Å². The van der Waals surface area contributed by atoms with Gasteiger partial charge >= 0.3 is 39.4 Å². The number of nitrogens with two attached hydrogens (primary N) is 1. The minimum Gasteiger partial charge on any atom is -0.481 e. The van der Waals surface area contributed by atoms with E-state index in [-0.39, 0.29) is 114 Å². The summed E-state index contributed by atoms with van der Waals surface area (Å²) in [5, 5.41) is 9.61. The average molecular weight is 2070 g/mol. The Bertz CT molecular complexity index is 6640. The Morgan fingerprint density at radius 1 is 0.387 bits per heavy atom. The van der Waals surface area contributed by atoms with Crippen molar-refractivity contribution in [2.75, 3.05) is 32.2 Å². The third kappa shape index (κ3) is 25.1. The summed E-state index contributed by atoms with van der Waals surface area (Å²) in [5.74, 6) is -3.11. The number of alkyl halides is 8. The van der Waals surface area contributed by atoms with Crippen LogP contribution in [-0.2, 0) is 134 Å². The third-order valence-electron chi connectivity index (χ3n) is 24.9. The number of hydrogen-bond donors (Lipinski definition) is 2. The molecule has 24 nitrogen and oxygen atoms in total. The second kappa shape index (κ2) is 41.5. The molecule has 2 aromatic heterocycles. The molecule has 0 radical (unpaired) electrons. The van der Waals surface area contributed by atoms with Crippen molar-refractivity contribution >= 4 is 114 Å². The van der Waals surface area contributed by atoms with Gasteiger partial charge < -0.3 is 76.8 Å². The summed E-state index contributed by atoms with van der Waals surface area (Å²) in [5.41, 5.74) is 10.9. The fourth-order valence-corrected chi connectivity index (χ4v) is 17.5. The Morgan fingerprint density at radius 3 is 0.972 bits per heavy atom. The molecular formula is C103H91Cl4F10N3O21S. The Labute approximate surface area is 825 Å². The number of anilines is 1. The molecule has 0 amide bonds. The summed E-state index contributed by atoms with van der Waals surface area (Å²) in [6, 6.07) is 66.1. The number of aromatic nitrogens is 2. The van der Waals surface area contributed by atoms with E-state index in [4.69, 9.17) is 61.4 Å². The molecule has 3 N–H and O–H groups in total. The number of fused-ring (bicyclic) bond motifs is 6. The zero-order valence-corrected chi connectivity index (χ0v) is 80.0. The van der Waals surface area contributed by atoms with Crippen LogP contribution in [0, 0.1) is 11.6 Å². The maximum Gasteiger partial charge on any atom is 0.586 e. The molecule has 0 atom stereocenters. The predicted molar refractivity (Wildman–Crippen MR) is 502 cm³/mol. The lowest BCUT2D eigenvalue weighted by molar-refractivity contribution is -0.287. The van der Waals surface area contributed by atoms with E-state index >= 15 is 4.39 Å². The molecule has 4 saturated carbocycles. The molecule has 0 spiro atoms. The first-order chi connectivity index (χ1) is 67.0. The van der Waals surface area contributed by atoms with E-state index in [1.165, 1.54) is 66.7 Å². The topological polar surface area (TPSA) is 303 Å². The zero-order valence-electron chi connectivity index (χ0n) is 76.2. The van der Waals surface area contributed by atoms with Crippen LogP contribution in [0.4, 0.5) is 49.6 Å². The van der Waals surface area contributed by atoms with Crippen molar-refractivity contribution in [2.45, 2.75) is 183 Å². The SMILES string of the molecule is CC(C)(COCc1ccccc1)c1cc2cc(CC(=O)C3(c4ccc5c(c4)OC(F)(F)O5)CC3)c(F)cc2n1CC(=O)COCc1ccccc1.CC(C)(COCc1ccccc1)c1cc2cc(N)c(F)cc2n1CC(=O)COCc1ccccc1.O=C(Cl)C1(c2ccc3c(c2)OC(F)(F)O3)CC1.O=C(Cl)C1(c2ccc3c(c2)OC(F)(F)O3)CC1.O=C(O)C1(c2ccc3c(c2)OC(F)(F)O3)CC1.O=S(=O)(Cl)Cl. The summed E-state index contributed by atoms with van der Waals surface area (Å²) in [6.45, 7) is 10.3. The van der Waals surface area contributed by atoms with Crippen LogP contribution in [0.2, 0.25) is 0 Å². The fraction of sp³-hybridized carbons (Fsp3) is 0.320. The van der Waals surface area contributed by atoms with Gasteiger partial charge in [0.2, 0.25) is 10.5 Å². The van der Waals surface area contributed by atoms with Gasteiger partial charge in [-0.15, -0.1) is 35.1 Å². The van der Waals surface area contributed by atoms with E-state index < -0.39 is 94.0 Å². The highest BCUT2D eigenvalue weighted by Gasteiger charge is 2.57. The first-order valence-corrected chi connectivity index (χ1v) is 48.3. The van der Waals surface area contributed by atoms with E-state index in [0.29, 0.717) is 123 Å². The molecule has 6 heterocycles. The molecule has 10 aromatic carbocycles. The lowest BCUT2D eigenvalue weighted by Gasteiger charge is -2.27. The fourth-order valence-electron chi connectivity index (χ4n) is 16.9. The van der Waals surface area contributed by atoms with Crippen LogP contribution >= 0.6 is 44.6 Å². The van der Waals surface area contributed by atoms with Gasteiger partial charge in [0.15, 0.2) is 57.6 Å². The molecule has 4 fully saturated rings. The van der Waals surface area contributed by atoms with Gasteiger partial charge in [0.05, 0.1) is 91.1 Å². The van der Waals surface area contributed by atoms with E-state index in [9.17, 15) is 68.3 Å². The average Bonchev–Trinajstić information content (AvgIpc) is 1.55. The highest BCUT2D eigenvalue weighted by Crippen LogP contribution is 2.57. The van der Waals surface area contributed by atoms with Gasteiger partial charge in [-0.3, -0.25) is 28.8 Å². The Kier molecular flexibility index (Phi) is 30.3. The summed E-state index contributed by atoms with van der Waals surface area (Å²) in [6.07, 6.45) is -10.3. The lowest BCUT2D eigenvalue weighted by Crippen LogP contribution is -2.29. The number of ketones is 3. The first kappa shape index (κ1) is 104. The van der Waals surface area contributed by atoms with Crippen LogP contribution in [-0.4, -0.2) is 108 Å². The molecule has 4 aliphatic heterocycles. The number of carbonyl (C=O) groups excluding carboxylic acids is 5. The van der Waals surface area contributed by atoms with Crippen molar-refractivity contribution in [3.05, 3.63) is 304 Å². The second-order valence-electron chi connectivity index (χ2n) is 36.4. The van der Waals surface area contributed by atoms with Crippen LogP contribution in [0.15, 0.2) is 231 Å². The van der Waals surface area contributed by atoms with Crippen molar-refractivity contribution in [2.24, 2.45) is 0 Å². The van der Waals surface area contributed by atoms with E-state index in [2.05, 4.69) is 73.1 Å². The molecule has 20 rings (SSSR count). The number of nitrogen functional groups attached to an aromatic ring is 1. The number of carboxylic acid groups (broad SMARTS) is 1. The van der Waals surface area contributed by atoms with Gasteiger partial charge in [-0.25, -0.2) is 8.78 Å². The Balaban J connectivity index is 0.000000143.